The highest BCUT2D eigenvalue weighted by Gasteiger charge is 2.21. The molecule has 4 rings (SSSR count). The van der Waals surface area contributed by atoms with Gasteiger partial charge in [-0.2, -0.15) is 0 Å². The molecule has 0 unspecified atom stereocenters. The maximum atomic E-state index is 7.82. The minimum atomic E-state index is 0.640. The third-order valence-corrected chi connectivity index (χ3v) is 5.89. The summed E-state index contributed by atoms with van der Waals surface area (Å²) in [6.45, 7) is 6.39. The van der Waals surface area contributed by atoms with Gasteiger partial charge in [-0.1, -0.05) is 38.8 Å². The van der Waals surface area contributed by atoms with Gasteiger partial charge in [0.2, 0.25) is 0 Å². The number of rotatable bonds is 4. The summed E-state index contributed by atoms with van der Waals surface area (Å²) in [5, 5.41) is 16.4. The largest absolute Gasteiger partial charge is 0.398 e. The lowest BCUT2D eigenvalue weighted by atomic mass is 9.84. The summed E-state index contributed by atoms with van der Waals surface area (Å²) in [6.07, 6.45) is 9.71. The Labute approximate surface area is 179 Å². The van der Waals surface area contributed by atoms with Gasteiger partial charge < -0.3 is 16.6 Å². The minimum Gasteiger partial charge on any atom is -0.398 e. The van der Waals surface area contributed by atoms with Gasteiger partial charge in [-0.25, -0.2) is 4.98 Å². The third kappa shape index (κ3) is 4.13. The number of unbranched alkanes of at least 4 members (excludes halogenated alkanes) is 1. The van der Waals surface area contributed by atoms with E-state index in [4.69, 9.17) is 21.5 Å². The SMILES string of the molecule is CCCC.Cc1cc(-c2nc3ccc(N)c(C=N)c3c3c2CCCC3)ccc1C=N. The first-order chi connectivity index (χ1) is 14.5. The van der Waals surface area contributed by atoms with E-state index in [1.807, 2.05) is 25.1 Å². The van der Waals surface area contributed by atoms with Gasteiger partial charge in [-0.15, -0.1) is 0 Å². The molecule has 3 aromatic rings. The van der Waals surface area contributed by atoms with Gasteiger partial charge in [0.05, 0.1) is 11.2 Å². The number of nitrogens with zero attached hydrogens (tertiary/aromatic N) is 1. The number of fused-ring (bicyclic) bond motifs is 3. The summed E-state index contributed by atoms with van der Waals surface area (Å²) >= 11 is 0. The van der Waals surface area contributed by atoms with Crippen LogP contribution in [0.1, 0.15) is 67.3 Å². The van der Waals surface area contributed by atoms with E-state index in [1.165, 1.54) is 36.4 Å². The van der Waals surface area contributed by atoms with Crippen molar-refractivity contribution in [3.05, 3.63) is 58.1 Å². The van der Waals surface area contributed by atoms with E-state index < -0.39 is 0 Å². The van der Waals surface area contributed by atoms with Crippen LogP contribution in [0.25, 0.3) is 22.2 Å². The van der Waals surface area contributed by atoms with Crippen LogP contribution in [-0.4, -0.2) is 17.4 Å². The molecular formula is C26H32N4. The van der Waals surface area contributed by atoms with Crippen LogP contribution in [0, 0.1) is 17.7 Å². The molecule has 0 bridgehead atoms. The Morgan fingerprint density at radius 1 is 0.967 bits per heavy atom. The van der Waals surface area contributed by atoms with Crippen molar-refractivity contribution in [1.82, 2.24) is 4.98 Å². The molecule has 1 aromatic heterocycles. The zero-order valence-corrected chi connectivity index (χ0v) is 18.3. The summed E-state index contributed by atoms with van der Waals surface area (Å²) in [6, 6.07) is 9.99. The molecule has 1 heterocycles. The number of aryl methyl sites for hydroxylation is 2. The lowest BCUT2D eigenvalue weighted by Gasteiger charge is -2.23. The maximum absolute atomic E-state index is 7.82. The minimum absolute atomic E-state index is 0.640. The Morgan fingerprint density at radius 3 is 2.27 bits per heavy atom. The summed E-state index contributed by atoms with van der Waals surface area (Å²) < 4.78 is 0. The van der Waals surface area contributed by atoms with Gasteiger partial charge in [-0.05, 0) is 73.1 Å². The van der Waals surface area contributed by atoms with E-state index in [-0.39, 0.29) is 0 Å². The normalized spacial score (nSPS) is 12.6. The van der Waals surface area contributed by atoms with Gasteiger partial charge in [0.15, 0.2) is 0 Å². The lowest BCUT2D eigenvalue weighted by molar-refractivity contribution is 0.689. The predicted molar refractivity (Wildman–Crippen MR) is 129 cm³/mol. The second kappa shape index (κ2) is 9.66. The lowest BCUT2D eigenvalue weighted by Crippen LogP contribution is -2.10. The number of benzene rings is 2. The first-order valence-electron chi connectivity index (χ1n) is 10.9. The van der Waals surface area contributed by atoms with E-state index in [0.717, 1.165) is 64.5 Å². The molecule has 0 spiro atoms. The number of nitrogens with one attached hydrogen (secondary N) is 2. The van der Waals surface area contributed by atoms with Gasteiger partial charge >= 0.3 is 0 Å². The summed E-state index contributed by atoms with van der Waals surface area (Å²) in [5.74, 6) is 0. The molecule has 0 saturated carbocycles. The molecule has 156 valence electrons. The van der Waals surface area contributed by atoms with Crippen molar-refractivity contribution in [3.8, 4) is 11.3 Å². The van der Waals surface area contributed by atoms with Crippen molar-refractivity contribution in [3.63, 3.8) is 0 Å². The van der Waals surface area contributed by atoms with Crippen LogP contribution in [-0.2, 0) is 12.8 Å². The molecule has 30 heavy (non-hydrogen) atoms. The van der Waals surface area contributed by atoms with Gasteiger partial charge in [0.1, 0.15) is 0 Å². The smallest absolute Gasteiger partial charge is 0.0744 e. The fourth-order valence-electron chi connectivity index (χ4n) is 4.04. The van der Waals surface area contributed by atoms with Crippen LogP contribution in [0.3, 0.4) is 0 Å². The zero-order valence-electron chi connectivity index (χ0n) is 18.3. The van der Waals surface area contributed by atoms with Crippen LogP contribution in [0.4, 0.5) is 5.69 Å². The van der Waals surface area contributed by atoms with Crippen LogP contribution in [0.2, 0.25) is 0 Å². The van der Waals surface area contributed by atoms with Crippen molar-refractivity contribution < 1.29 is 0 Å². The van der Waals surface area contributed by atoms with Gasteiger partial charge in [0, 0.05) is 34.6 Å². The quantitative estimate of drug-likeness (QED) is 0.346. The van der Waals surface area contributed by atoms with E-state index in [2.05, 4.69) is 26.0 Å². The average molecular weight is 401 g/mol. The molecule has 1 aliphatic carbocycles. The van der Waals surface area contributed by atoms with Crippen LogP contribution in [0.5, 0.6) is 0 Å². The molecule has 0 fully saturated rings. The van der Waals surface area contributed by atoms with Gasteiger partial charge in [0.25, 0.3) is 0 Å². The fraction of sp³-hybridized carbons (Fsp3) is 0.346. The number of nitrogen functional groups attached to an aromatic ring is 1. The van der Waals surface area contributed by atoms with E-state index in [1.54, 1.807) is 0 Å². The molecule has 1 aliphatic rings. The molecule has 4 nitrogen and oxygen atoms in total. The third-order valence-electron chi connectivity index (χ3n) is 5.89. The first-order valence-corrected chi connectivity index (χ1v) is 10.9. The van der Waals surface area contributed by atoms with Crippen molar-refractivity contribution in [2.24, 2.45) is 0 Å². The summed E-state index contributed by atoms with van der Waals surface area (Å²) in [7, 11) is 0. The first kappa shape index (κ1) is 21.7. The molecule has 2 aromatic carbocycles. The monoisotopic (exact) mass is 400 g/mol. The molecule has 4 N–H and O–H groups in total. The molecule has 0 atom stereocenters. The molecular weight excluding hydrogens is 368 g/mol. The number of aromatic nitrogens is 1. The number of anilines is 1. The second-order valence-corrected chi connectivity index (χ2v) is 7.95. The zero-order chi connectivity index (χ0) is 21.7. The number of hydrogen-bond acceptors (Lipinski definition) is 4. The molecule has 0 aliphatic heterocycles. The summed E-state index contributed by atoms with van der Waals surface area (Å²) in [4.78, 5) is 4.99. The van der Waals surface area contributed by atoms with Crippen LogP contribution >= 0.6 is 0 Å². The molecule has 0 saturated heterocycles. The van der Waals surface area contributed by atoms with Crippen molar-refractivity contribution in [2.75, 3.05) is 5.73 Å². The summed E-state index contributed by atoms with van der Waals surface area (Å²) in [5.41, 5.74) is 15.2. The van der Waals surface area contributed by atoms with Crippen LogP contribution < -0.4 is 5.73 Å². The topological polar surface area (TPSA) is 86.6 Å². The van der Waals surface area contributed by atoms with Crippen molar-refractivity contribution in [1.29, 1.82) is 10.8 Å². The van der Waals surface area contributed by atoms with Crippen molar-refractivity contribution >= 4 is 29.0 Å². The van der Waals surface area contributed by atoms with E-state index in [9.17, 15) is 0 Å². The standard InChI is InChI=1S/C22H22N4.C4H10/c1-13-10-14(6-7-15(13)11-23)22-17-5-3-2-4-16(17)21-18(12-24)19(25)8-9-20(21)26-22;1-3-4-2/h6-12,23-24H,2-5,25H2,1H3;3-4H2,1-2H3. The molecule has 0 radical (unpaired) electrons. The second-order valence-electron chi connectivity index (χ2n) is 7.95. The van der Waals surface area contributed by atoms with Crippen molar-refractivity contribution in [2.45, 2.75) is 59.3 Å². The maximum Gasteiger partial charge on any atom is 0.0744 e. The fourth-order valence-corrected chi connectivity index (χ4v) is 4.04. The highest BCUT2D eigenvalue weighted by molar-refractivity contribution is 6.05. The highest BCUT2D eigenvalue weighted by Crippen LogP contribution is 2.37. The number of pyridine rings is 1. The van der Waals surface area contributed by atoms with Crippen LogP contribution in [0.15, 0.2) is 30.3 Å². The highest BCUT2D eigenvalue weighted by atomic mass is 14.7. The molecule has 4 heteroatoms. The number of nitrogens with two attached hydrogens (primary N) is 1. The number of hydrogen-bond donors (Lipinski definition) is 3. The Morgan fingerprint density at radius 2 is 1.67 bits per heavy atom. The van der Waals surface area contributed by atoms with E-state index >= 15 is 0 Å². The Kier molecular flexibility index (Phi) is 6.99. The molecule has 0 amide bonds. The Bertz CT molecular complexity index is 1080. The average Bonchev–Trinajstić information content (AvgIpc) is 2.78. The Hall–Kier alpha value is -3.01. The van der Waals surface area contributed by atoms with Gasteiger partial charge in [-0.3, -0.25) is 0 Å². The predicted octanol–water partition coefficient (Wildman–Crippen LogP) is 6.47. The van der Waals surface area contributed by atoms with E-state index in [0.29, 0.717) is 5.69 Å². The Balaban J connectivity index is 0.000000589.